The summed E-state index contributed by atoms with van der Waals surface area (Å²) in [5.74, 6) is 0.892. The molecule has 1 atom stereocenters. The van der Waals surface area contributed by atoms with Crippen molar-refractivity contribution >= 4 is 11.3 Å². The quantitative estimate of drug-likeness (QED) is 0.854. The van der Waals surface area contributed by atoms with Gasteiger partial charge in [0.15, 0.2) is 0 Å². The third kappa shape index (κ3) is 2.33. The fraction of sp³-hybridized carbons (Fsp3) is 0.417. The summed E-state index contributed by atoms with van der Waals surface area (Å²) in [6.07, 6.45) is 3.92. The first-order chi connectivity index (χ1) is 7.70. The van der Waals surface area contributed by atoms with Gasteiger partial charge in [-0.3, -0.25) is 0 Å². The van der Waals surface area contributed by atoms with E-state index in [0.29, 0.717) is 0 Å². The Labute approximate surface area is 99.7 Å². The van der Waals surface area contributed by atoms with Crippen molar-refractivity contribution in [3.63, 3.8) is 0 Å². The van der Waals surface area contributed by atoms with Crippen LogP contribution in [0.2, 0.25) is 0 Å². The lowest BCUT2D eigenvalue weighted by molar-refractivity contribution is 0.609. The van der Waals surface area contributed by atoms with Gasteiger partial charge in [0.05, 0.1) is 22.8 Å². The average Bonchev–Trinajstić information content (AvgIpc) is 2.85. The minimum atomic E-state index is 0.0276. The number of nitrogens with two attached hydrogens (primary N) is 1. The highest BCUT2D eigenvalue weighted by atomic mass is 32.1. The molecular formula is C12H17N3S. The molecule has 1 unspecified atom stereocenters. The van der Waals surface area contributed by atoms with Gasteiger partial charge in [-0.05, 0) is 25.5 Å². The van der Waals surface area contributed by atoms with E-state index in [2.05, 4.69) is 35.9 Å². The summed E-state index contributed by atoms with van der Waals surface area (Å²) in [6, 6.07) is 4.26. The van der Waals surface area contributed by atoms with Crippen molar-refractivity contribution in [3.8, 4) is 10.6 Å². The highest BCUT2D eigenvalue weighted by Crippen LogP contribution is 2.27. The number of hydrogen-bond acceptors (Lipinski definition) is 3. The standard InChI is InChI=1S/C12H17N3S/c1-3-4-9(13)12-14-7-10(15-12)11-6-5-8(2)16-11/h5-7,9H,3-4,13H2,1-2H3,(H,14,15). The average molecular weight is 235 g/mol. The monoisotopic (exact) mass is 235 g/mol. The maximum Gasteiger partial charge on any atom is 0.123 e. The molecule has 2 aromatic rings. The minimum absolute atomic E-state index is 0.0276. The van der Waals surface area contributed by atoms with Crippen LogP contribution in [0.3, 0.4) is 0 Å². The zero-order chi connectivity index (χ0) is 11.5. The number of nitrogens with zero attached hydrogens (tertiary/aromatic N) is 1. The molecule has 0 fully saturated rings. The summed E-state index contributed by atoms with van der Waals surface area (Å²) in [5.41, 5.74) is 7.08. The van der Waals surface area contributed by atoms with E-state index >= 15 is 0 Å². The van der Waals surface area contributed by atoms with Gasteiger partial charge in [-0.25, -0.2) is 4.98 Å². The second-order valence-corrected chi connectivity index (χ2v) is 5.28. The van der Waals surface area contributed by atoms with Gasteiger partial charge in [0, 0.05) is 4.88 Å². The van der Waals surface area contributed by atoms with Crippen molar-refractivity contribution in [1.82, 2.24) is 9.97 Å². The molecule has 0 aliphatic heterocycles. The molecule has 2 rings (SSSR count). The summed E-state index contributed by atoms with van der Waals surface area (Å²) < 4.78 is 0. The summed E-state index contributed by atoms with van der Waals surface area (Å²) in [6.45, 7) is 4.24. The Kier molecular flexibility index (Phi) is 3.41. The maximum atomic E-state index is 6.01. The van der Waals surface area contributed by atoms with Gasteiger partial charge in [-0.1, -0.05) is 13.3 Å². The van der Waals surface area contributed by atoms with Crippen molar-refractivity contribution in [2.45, 2.75) is 32.7 Å². The van der Waals surface area contributed by atoms with E-state index in [1.807, 2.05) is 6.20 Å². The van der Waals surface area contributed by atoms with Crippen molar-refractivity contribution < 1.29 is 0 Å². The van der Waals surface area contributed by atoms with Crippen LogP contribution in [-0.2, 0) is 0 Å². The van der Waals surface area contributed by atoms with Crippen molar-refractivity contribution in [1.29, 1.82) is 0 Å². The SMILES string of the molecule is CCCC(N)c1ncc(-c2ccc(C)s2)[nH]1. The maximum absolute atomic E-state index is 6.01. The lowest BCUT2D eigenvalue weighted by atomic mass is 10.2. The molecule has 2 heterocycles. The second-order valence-electron chi connectivity index (χ2n) is 3.99. The molecule has 0 spiro atoms. The number of imidazole rings is 1. The first kappa shape index (κ1) is 11.4. The van der Waals surface area contributed by atoms with E-state index in [1.54, 1.807) is 11.3 Å². The van der Waals surface area contributed by atoms with Crippen LogP contribution >= 0.6 is 11.3 Å². The fourth-order valence-electron chi connectivity index (χ4n) is 1.68. The Morgan fingerprint density at radius 1 is 1.50 bits per heavy atom. The van der Waals surface area contributed by atoms with Gasteiger partial charge >= 0.3 is 0 Å². The van der Waals surface area contributed by atoms with Crippen molar-refractivity contribution in [2.75, 3.05) is 0 Å². The normalized spacial score (nSPS) is 12.9. The molecule has 3 nitrogen and oxygen atoms in total. The largest absolute Gasteiger partial charge is 0.340 e. The molecule has 0 amide bonds. The number of thiophene rings is 1. The number of H-pyrrole nitrogens is 1. The Balaban J connectivity index is 2.19. The van der Waals surface area contributed by atoms with E-state index in [9.17, 15) is 0 Å². The first-order valence-electron chi connectivity index (χ1n) is 5.58. The lowest BCUT2D eigenvalue weighted by Crippen LogP contribution is -2.11. The molecule has 0 saturated carbocycles. The second kappa shape index (κ2) is 4.80. The van der Waals surface area contributed by atoms with Gasteiger partial charge in [-0.15, -0.1) is 11.3 Å². The number of aromatic nitrogens is 2. The highest BCUT2D eigenvalue weighted by molar-refractivity contribution is 7.15. The minimum Gasteiger partial charge on any atom is -0.340 e. The summed E-state index contributed by atoms with van der Waals surface area (Å²) >= 11 is 1.77. The zero-order valence-corrected chi connectivity index (χ0v) is 10.5. The number of aromatic amines is 1. The molecule has 16 heavy (non-hydrogen) atoms. The van der Waals surface area contributed by atoms with Crippen molar-refractivity contribution in [2.24, 2.45) is 5.73 Å². The topological polar surface area (TPSA) is 54.7 Å². The van der Waals surface area contributed by atoms with E-state index < -0.39 is 0 Å². The molecular weight excluding hydrogens is 218 g/mol. The Bertz CT molecular complexity index is 458. The number of aryl methyl sites for hydroxylation is 1. The first-order valence-corrected chi connectivity index (χ1v) is 6.39. The molecule has 0 bridgehead atoms. The van der Waals surface area contributed by atoms with Gasteiger partial charge in [0.1, 0.15) is 5.82 Å². The zero-order valence-electron chi connectivity index (χ0n) is 9.66. The summed E-state index contributed by atoms with van der Waals surface area (Å²) in [4.78, 5) is 10.2. The van der Waals surface area contributed by atoms with Crippen LogP contribution in [0, 0.1) is 6.92 Å². The smallest absolute Gasteiger partial charge is 0.123 e. The van der Waals surface area contributed by atoms with Crippen LogP contribution in [0.4, 0.5) is 0 Å². The van der Waals surface area contributed by atoms with Gasteiger partial charge in [0.2, 0.25) is 0 Å². The van der Waals surface area contributed by atoms with Gasteiger partial charge in [0.25, 0.3) is 0 Å². The van der Waals surface area contributed by atoms with Crippen LogP contribution in [-0.4, -0.2) is 9.97 Å². The summed E-state index contributed by atoms with van der Waals surface area (Å²) in [5, 5.41) is 0. The molecule has 4 heteroatoms. The number of rotatable bonds is 4. The van der Waals surface area contributed by atoms with Gasteiger partial charge < -0.3 is 10.7 Å². The number of nitrogens with one attached hydrogen (secondary N) is 1. The molecule has 0 aromatic carbocycles. The fourth-order valence-corrected chi connectivity index (χ4v) is 2.51. The summed E-state index contributed by atoms with van der Waals surface area (Å²) in [7, 11) is 0. The van der Waals surface area contributed by atoms with E-state index in [4.69, 9.17) is 5.73 Å². The van der Waals surface area contributed by atoms with E-state index in [-0.39, 0.29) is 6.04 Å². The van der Waals surface area contributed by atoms with Crippen molar-refractivity contribution in [3.05, 3.63) is 29.0 Å². The molecule has 3 N–H and O–H groups in total. The molecule has 86 valence electrons. The lowest BCUT2D eigenvalue weighted by Gasteiger charge is -2.05. The molecule has 0 aliphatic rings. The third-order valence-corrected chi connectivity index (χ3v) is 3.59. The van der Waals surface area contributed by atoms with Crippen LogP contribution in [0.15, 0.2) is 18.3 Å². The molecule has 0 radical (unpaired) electrons. The van der Waals surface area contributed by atoms with Crippen LogP contribution in [0.1, 0.15) is 36.5 Å². The molecule has 0 aliphatic carbocycles. The predicted octanol–water partition coefficient (Wildman–Crippen LogP) is 3.25. The molecule has 2 aromatic heterocycles. The van der Waals surface area contributed by atoms with Crippen LogP contribution < -0.4 is 5.73 Å². The van der Waals surface area contributed by atoms with Gasteiger partial charge in [-0.2, -0.15) is 0 Å². The van der Waals surface area contributed by atoms with E-state index in [0.717, 1.165) is 24.4 Å². The number of hydrogen-bond donors (Lipinski definition) is 2. The van der Waals surface area contributed by atoms with Crippen LogP contribution in [0.25, 0.3) is 10.6 Å². The predicted molar refractivity (Wildman–Crippen MR) is 68.5 cm³/mol. The Morgan fingerprint density at radius 2 is 2.31 bits per heavy atom. The Morgan fingerprint density at radius 3 is 2.94 bits per heavy atom. The molecule has 0 saturated heterocycles. The Hall–Kier alpha value is -1.13. The van der Waals surface area contributed by atoms with E-state index in [1.165, 1.54) is 9.75 Å². The highest BCUT2D eigenvalue weighted by Gasteiger charge is 2.10. The van der Waals surface area contributed by atoms with Crippen LogP contribution in [0.5, 0.6) is 0 Å². The third-order valence-electron chi connectivity index (χ3n) is 2.55.